The predicted molar refractivity (Wildman–Crippen MR) is 84.5 cm³/mol. The van der Waals surface area contributed by atoms with Gasteiger partial charge in [-0.05, 0) is 25.0 Å². The van der Waals surface area contributed by atoms with Gasteiger partial charge in [0.2, 0.25) is 0 Å². The van der Waals surface area contributed by atoms with Crippen LogP contribution in [0.4, 0.5) is 11.5 Å². The molecular formula is C16H20N4O. The Morgan fingerprint density at radius 1 is 1.14 bits per heavy atom. The number of hydrogen-bond donors (Lipinski definition) is 2. The first-order valence-electron chi connectivity index (χ1n) is 6.98. The molecule has 0 spiro atoms. The van der Waals surface area contributed by atoms with Gasteiger partial charge in [-0.3, -0.25) is 4.79 Å². The van der Waals surface area contributed by atoms with Crippen LogP contribution in [0.3, 0.4) is 0 Å². The number of nitrogens with zero attached hydrogens (tertiary/aromatic N) is 2. The highest BCUT2D eigenvalue weighted by molar-refractivity contribution is 6.02. The number of anilines is 2. The van der Waals surface area contributed by atoms with Gasteiger partial charge in [0.05, 0.1) is 12.4 Å². The van der Waals surface area contributed by atoms with Gasteiger partial charge < -0.3 is 10.6 Å². The normalized spacial score (nSPS) is 10.5. The Morgan fingerprint density at radius 3 is 2.43 bits per heavy atom. The van der Waals surface area contributed by atoms with E-state index in [0.717, 1.165) is 17.8 Å². The van der Waals surface area contributed by atoms with Crippen molar-refractivity contribution >= 4 is 17.4 Å². The molecule has 0 fully saturated rings. The van der Waals surface area contributed by atoms with E-state index in [9.17, 15) is 4.79 Å². The zero-order valence-electron chi connectivity index (χ0n) is 12.6. The molecule has 1 aromatic carbocycles. The molecular weight excluding hydrogens is 264 g/mol. The minimum atomic E-state index is -0.262. The van der Waals surface area contributed by atoms with E-state index in [2.05, 4.69) is 34.4 Å². The van der Waals surface area contributed by atoms with Crippen LogP contribution < -0.4 is 10.6 Å². The molecule has 0 bridgehead atoms. The summed E-state index contributed by atoms with van der Waals surface area (Å²) in [6.07, 6.45) is 3.05. The number of rotatable bonds is 5. The molecule has 5 heteroatoms. The van der Waals surface area contributed by atoms with Crippen molar-refractivity contribution in [3.05, 3.63) is 47.9 Å². The summed E-state index contributed by atoms with van der Waals surface area (Å²) in [5, 5.41) is 5.95. The predicted octanol–water partition coefficient (Wildman–Crippen LogP) is 3.11. The van der Waals surface area contributed by atoms with Crippen LogP contribution in [0.1, 0.15) is 29.9 Å². The van der Waals surface area contributed by atoms with Gasteiger partial charge in [-0.25, -0.2) is 9.97 Å². The molecule has 0 radical (unpaired) electrons. The third-order valence-corrected chi connectivity index (χ3v) is 2.89. The zero-order chi connectivity index (χ0) is 15.2. The van der Waals surface area contributed by atoms with E-state index in [4.69, 9.17) is 0 Å². The van der Waals surface area contributed by atoms with Crippen LogP contribution in [-0.4, -0.2) is 22.4 Å². The topological polar surface area (TPSA) is 66.9 Å². The zero-order valence-corrected chi connectivity index (χ0v) is 12.6. The molecule has 1 amide bonds. The smallest absolute Gasteiger partial charge is 0.275 e. The highest BCUT2D eigenvalue weighted by atomic mass is 16.1. The Bertz CT molecular complexity index is 591. The number of nitrogens with one attached hydrogen (secondary N) is 2. The average Bonchev–Trinajstić information content (AvgIpc) is 2.48. The maximum absolute atomic E-state index is 12.0. The maximum Gasteiger partial charge on any atom is 0.275 e. The van der Waals surface area contributed by atoms with Crippen molar-refractivity contribution in [2.45, 2.75) is 20.8 Å². The van der Waals surface area contributed by atoms with Gasteiger partial charge >= 0.3 is 0 Å². The summed E-state index contributed by atoms with van der Waals surface area (Å²) in [7, 11) is 0. The van der Waals surface area contributed by atoms with Crippen LogP contribution in [-0.2, 0) is 0 Å². The molecule has 110 valence electrons. The SMILES string of the molecule is Cc1ccc(NC(=O)c2cnc(NCC(C)C)cn2)cc1. The van der Waals surface area contributed by atoms with Crippen LogP contribution in [0, 0.1) is 12.8 Å². The summed E-state index contributed by atoms with van der Waals surface area (Å²) < 4.78 is 0. The van der Waals surface area contributed by atoms with Gasteiger partial charge in [0.1, 0.15) is 11.5 Å². The number of aryl methyl sites for hydroxylation is 1. The molecule has 0 unspecified atom stereocenters. The highest BCUT2D eigenvalue weighted by Gasteiger charge is 2.08. The molecule has 0 saturated heterocycles. The van der Waals surface area contributed by atoms with E-state index < -0.39 is 0 Å². The van der Waals surface area contributed by atoms with E-state index in [1.165, 1.54) is 6.20 Å². The van der Waals surface area contributed by atoms with E-state index in [1.807, 2.05) is 31.2 Å². The number of aromatic nitrogens is 2. The van der Waals surface area contributed by atoms with Crippen molar-refractivity contribution < 1.29 is 4.79 Å². The van der Waals surface area contributed by atoms with Crippen molar-refractivity contribution in [1.82, 2.24) is 9.97 Å². The lowest BCUT2D eigenvalue weighted by molar-refractivity contribution is 0.102. The molecule has 2 aromatic rings. The number of amides is 1. The van der Waals surface area contributed by atoms with Crippen LogP contribution in [0.5, 0.6) is 0 Å². The summed E-state index contributed by atoms with van der Waals surface area (Å²) in [5.41, 5.74) is 2.19. The van der Waals surface area contributed by atoms with Gasteiger partial charge in [0, 0.05) is 12.2 Å². The van der Waals surface area contributed by atoms with Crippen molar-refractivity contribution in [3.8, 4) is 0 Å². The fraction of sp³-hybridized carbons (Fsp3) is 0.312. The molecule has 1 heterocycles. The minimum Gasteiger partial charge on any atom is -0.369 e. The second-order valence-corrected chi connectivity index (χ2v) is 5.38. The largest absolute Gasteiger partial charge is 0.369 e. The van der Waals surface area contributed by atoms with Crippen LogP contribution in [0.2, 0.25) is 0 Å². The van der Waals surface area contributed by atoms with Crippen LogP contribution in [0.15, 0.2) is 36.7 Å². The third-order valence-electron chi connectivity index (χ3n) is 2.89. The molecule has 0 aliphatic rings. The lowest BCUT2D eigenvalue weighted by atomic mass is 10.2. The first-order valence-corrected chi connectivity index (χ1v) is 6.98. The summed E-state index contributed by atoms with van der Waals surface area (Å²) in [5.74, 6) is 0.939. The molecule has 0 atom stereocenters. The molecule has 2 rings (SSSR count). The Labute approximate surface area is 124 Å². The second-order valence-electron chi connectivity index (χ2n) is 5.38. The van der Waals surface area contributed by atoms with Crippen molar-refractivity contribution in [3.63, 3.8) is 0 Å². The standard InChI is InChI=1S/C16H20N4O/c1-11(2)8-18-15-10-17-14(9-19-15)16(21)20-13-6-4-12(3)5-7-13/h4-7,9-11H,8H2,1-3H3,(H,18,19)(H,20,21). The van der Waals surface area contributed by atoms with Gasteiger partial charge in [-0.1, -0.05) is 31.5 Å². The lowest BCUT2D eigenvalue weighted by Crippen LogP contribution is -2.15. The van der Waals surface area contributed by atoms with Crippen molar-refractivity contribution in [1.29, 1.82) is 0 Å². The van der Waals surface area contributed by atoms with Crippen LogP contribution in [0.25, 0.3) is 0 Å². The summed E-state index contributed by atoms with van der Waals surface area (Å²) >= 11 is 0. The Hall–Kier alpha value is -2.43. The molecule has 1 aromatic heterocycles. The van der Waals surface area contributed by atoms with Crippen molar-refractivity contribution in [2.24, 2.45) is 5.92 Å². The van der Waals surface area contributed by atoms with Crippen molar-refractivity contribution in [2.75, 3.05) is 17.2 Å². The molecule has 0 saturated carbocycles. The lowest BCUT2D eigenvalue weighted by Gasteiger charge is -2.08. The fourth-order valence-electron chi connectivity index (χ4n) is 1.68. The molecule has 21 heavy (non-hydrogen) atoms. The Kier molecular flexibility index (Phi) is 4.87. The minimum absolute atomic E-state index is 0.262. The quantitative estimate of drug-likeness (QED) is 0.885. The second kappa shape index (κ2) is 6.83. The summed E-state index contributed by atoms with van der Waals surface area (Å²) in [6, 6.07) is 7.61. The number of benzene rings is 1. The van der Waals surface area contributed by atoms with Gasteiger partial charge in [-0.15, -0.1) is 0 Å². The molecule has 5 nitrogen and oxygen atoms in total. The third kappa shape index (κ3) is 4.56. The number of carbonyl (C=O) groups is 1. The monoisotopic (exact) mass is 284 g/mol. The van der Waals surface area contributed by atoms with E-state index in [1.54, 1.807) is 6.20 Å². The summed E-state index contributed by atoms with van der Waals surface area (Å²) in [4.78, 5) is 20.4. The molecule has 0 aliphatic carbocycles. The van der Waals surface area contributed by atoms with E-state index >= 15 is 0 Å². The van der Waals surface area contributed by atoms with Gasteiger partial charge in [0.15, 0.2) is 0 Å². The Balaban J connectivity index is 1.97. The van der Waals surface area contributed by atoms with Crippen LogP contribution >= 0.6 is 0 Å². The average molecular weight is 284 g/mol. The first kappa shape index (κ1) is 15.0. The summed E-state index contributed by atoms with van der Waals surface area (Å²) in [6.45, 7) is 7.05. The fourth-order valence-corrected chi connectivity index (χ4v) is 1.68. The number of hydrogen-bond acceptors (Lipinski definition) is 4. The highest BCUT2D eigenvalue weighted by Crippen LogP contribution is 2.10. The van der Waals surface area contributed by atoms with Gasteiger partial charge in [0.25, 0.3) is 5.91 Å². The van der Waals surface area contributed by atoms with E-state index in [-0.39, 0.29) is 5.91 Å². The molecule has 0 aliphatic heterocycles. The van der Waals surface area contributed by atoms with E-state index in [0.29, 0.717) is 17.4 Å². The first-order chi connectivity index (χ1) is 10.0. The van der Waals surface area contributed by atoms with Gasteiger partial charge in [-0.2, -0.15) is 0 Å². The Morgan fingerprint density at radius 2 is 1.86 bits per heavy atom. The number of carbonyl (C=O) groups excluding carboxylic acids is 1. The molecule has 2 N–H and O–H groups in total. The maximum atomic E-state index is 12.0.